The highest BCUT2D eigenvalue weighted by Crippen LogP contribution is 2.19. The number of hydrogen-bond donors (Lipinski definition) is 1. The second-order valence-electron chi connectivity index (χ2n) is 5.37. The van der Waals surface area contributed by atoms with Gasteiger partial charge in [0.05, 0.1) is 6.10 Å². The van der Waals surface area contributed by atoms with Crippen molar-refractivity contribution in [2.75, 3.05) is 19.7 Å². The Balaban J connectivity index is 1.79. The van der Waals surface area contributed by atoms with Gasteiger partial charge in [0.2, 0.25) is 0 Å². The van der Waals surface area contributed by atoms with Crippen LogP contribution in [0.25, 0.3) is 0 Å². The van der Waals surface area contributed by atoms with Gasteiger partial charge in [-0.3, -0.25) is 4.79 Å². The van der Waals surface area contributed by atoms with Gasteiger partial charge in [0.25, 0.3) is 5.91 Å². The maximum Gasteiger partial charge on any atom is 0.253 e. The molecule has 2 aliphatic rings. The zero-order valence-corrected chi connectivity index (χ0v) is 11.3. The van der Waals surface area contributed by atoms with Crippen LogP contribution < -0.4 is 5.32 Å². The molecule has 3 rings (SSSR count). The monoisotopic (exact) mass is 260 g/mol. The molecule has 4 nitrogen and oxygen atoms in total. The van der Waals surface area contributed by atoms with Crippen LogP contribution in [0, 0.1) is 0 Å². The van der Waals surface area contributed by atoms with Crippen LogP contribution in [-0.4, -0.2) is 36.6 Å². The van der Waals surface area contributed by atoms with Crippen LogP contribution in [0.5, 0.6) is 0 Å². The molecule has 0 aliphatic carbocycles. The molecule has 2 heterocycles. The predicted octanol–water partition coefficient (Wildman–Crippen LogP) is 1.54. The summed E-state index contributed by atoms with van der Waals surface area (Å²) in [5.41, 5.74) is 3.37. The summed E-state index contributed by atoms with van der Waals surface area (Å²) in [6.45, 7) is 6.04. The van der Waals surface area contributed by atoms with Crippen molar-refractivity contribution in [2.45, 2.75) is 32.5 Å². The summed E-state index contributed by atoms with van der Waals surface area (Å²) in [6, 6.07) is 6.05. The van der Waals surface area contributed by atoms with Crippen molar-refractivity contribution in [3.05, 3.63) is 34.9 Å². The lowest BCUT2D eigenvalue weighted by Crippen LogP contribution is -2.35. The third-order valence-electron chi connectivity index (χ3n) is 3.82. The minimum absolute atomic E-state index is 0.127. The molecule has 1 aromatic rings. The summed E-state index contributed by atoms with van der Waals surface area (Å²) in [5.74, 6) is 0.132. The van der Waals surface area contributed by atoms with Crippen molar-refractivity contribution in [2.24, 2.45) is 0 Å². The van der Waals surface area contributed by atoms with Crippen molar-refractivity contribution in [1.29, 1.82) is 0 Å². The van der Waals surface area contributed by atoms with E-state index in [9.17, 15) is 4.79 Å². The van der Waals surface area contributed by atoms with E-state index in [1.54, 1.807) is 0 Å². The molecule has 1 amide bonds. The van der Waals surface area contributed by atoms with Crippen LogP contribution in [0.15, 0.2) is 18.2 Å². The Bertz CT molecular complexity index is 487. The standard InChI is InChI=1S/C15H20N2O2/c1-11-10-17(5-2-6-19-11)15(18)12-3-4-13-8-16-9-14(13)7-12/h3-4,7,11,16H,2,5-6,8-10H2,1H3. The molecule has 0 spiro atoms. The average Bonchev–Trinajstić information content (AvgIpc) is 2.78. The van der Waals surface area contributed by atoms with Gasteiger partial charge in [-0.05, 0) is 36.6 Å². The Morgan fingerprint density at radius 2 is 2.21 bits per heavy atom. The molecule has 1 unspecified atom stereocenters. The van der Waals surface area contributed by atoms with Gasteiger partial charge in [0.15, 0.2) is 0 Å². The van der Waals surface area contributed by atoms with Crippen molar-refractivity contribution in [3.63, 3.8) is 0 Å². The minimum atomic E-state index is 0.127. The van der Waals surface area contributed by atoms with Crippen molar-refractivity contribution >= 4 is 5.91 Å². The van der Waals surface area contributed by atoms with E-state index in [2.05, 4.69) is 11.4 Å². The largest absolute Gasteiger partial charge is 0.377 e. The van der Waals surface area contributed by atoms with E-state index in [0.29, 0.717) is 6.54 Å². The molecule has 1 aromatic carbocycles. The van der Waals surface area contributed by atoms with Crippen LogP contribution in [-0.2, 0) is 17.8 Å². The number of amides is 1. The first-order chi connectivity index (χ1) is 9.24. The van der Waals surface area contributed by atoms with E-state index in [1.165, 1.54) is 11.1 Å². The number of benzene rings is 1. The summed E-state index contributed by atoms with van der Waals surface area (Å²) >= 11 is 0. The van der Waals surface area contributed by atoms with Gasteiger partial charge in [-0.1, -0.05) is 6.07 Å². The first kappa shape index (κ1) is 12.6. The molecule has 1 atom stereocenters. The Labute approximate surface area is 113 Å². The SMILES string of the molecule is CC1CN(C(=O)c2ccc3c(c2)CNC3)CCCO1. The number of carbonyl (C=O) groups is 1. The normalized spacial score (nSPS) is 23.0. The smallest absolute Gasteiger partial charge is 0.253 e. The van der Waals surface area contributed by atoms with E-state index in [-0.39, 0.29) is 12.0 Å². The molecule has 0 radical (unpaired) electrons. The van der Waals surface area contributed by atoms with Crippen LogP contribution in [0.2, 0.25) is 0 Å². The van der Waals surface area contributed by atoms with Crippen LogP contribution in [0.3, 0.4) is 0 Å². The van der Waals surface area contributed by atoms with E-state index < -0.39 is 0 Å². The van der Waals surface area contributed by atoms with Gasteiger partial charge in [0, 0.05) is 38.3 Å². The van der Waals surface area contributed by atoms with Gasteiger partial charge in [0.1, 0.15) is 0 Å². The Hall–Kier alpha value is -1.39. The zero-order chi connectivity index (χ0) is 13.2. The van der Waals surface area contributed by atoms with E-state index in [1.807, 2.05) is 24.0 Å². The lowest BCUT2D eigenvalue weighted by Gasteiger charge is -2.22. The molecule has 0 aromatic heterocycles. The minimum Gasteiger partial charge on any atom is -0.377 e. The molecule has 0 bridgehead atoms. The van der Waals surface area contributed by atoms with Gasteiger partial charge < -0.3 is 15.0 Å². The Morgan fingerprint density at radius 3 is 3.11 bits per heavy atom. The number of nitrogens with one attached hydrogen (secondary N) is 1. The second-order valence-corrected chi connectivity index (χ2v) is 5.37. The fourth-order valence-electron chi connectivity index (χ4n) is 2.79. The summed E-state index contributed by atoms with van der Waals surface area (Å²) in [7, 11) is 0. The van der Waals surface area contributed by atoms with Crippen LogP contribution in [0.4, 0.5) is 0 Å². The second kappa shape index (κ2) is 5.31. The molecular formula is C15H20N2O2. The fraction of sp³-hybridized carbons (Fsp3) is 0.533. The zero-order valence-electron chi connectivity index (χ0n) is 11.3. The number of hydrogen-bond acceptors (Lipinski definition) is 3. The molecule has 1 N–H and O–H groups in total. The lowest BCUT2D eigenvalue weighted by atomic mass is 10.1. The maximum absolute atomic E-state index is 12.5. The van der Waals surface area contributed by atoms with Crippen LogP contribution in [0.1, 0.15) is 34.8 Å². The predicted molar refractivity (Wildman–Crippen MR) is 72.9 cm³/mol. The number of ether oxygens (including phenoxy) is 1. The van der Waals surface area contributed by atoms with E-state index in [0.717, 1.165) is 38.2 Å². The Morgan fingerprint density at radius 1 is 1.37 bits per heavy atom. The van der Waals surface area contributed by atoms with Gasteiger partial charge >= 0.3 is 0 Å². The average molecular weight is 260 g/mol. The van der Waals surface area contributed by atoms with E-state index in [4.69, 9.17) is 4.74 Å². The van der Waals surface area contributed by atoms with Gasteiger partial charge in [-0.2, -0.15) is 0 Å². The molecule has 2 aliphatic heterocycles. The first-order valence-corrected chi connectivity index (χ1v) is 6.97. The van der Waals surface area contributed by atoms with Gasteiger partial charge in [-0.25, -0.2) is 0 Å². The molecule has 1 fully saturated rings. The maximum atomic E-state index is 12.5. The summed E-state index contributed by atoms with van der Waals surface area (Å²) < 4.78 is 5.59. The van der Waals surface area contributed by atoms with Crippen molar-refractivity contribution in [1.82, 2.24) is 10.2 Å². The topological polar surface area (TPSA) is 41.6 Å². The number of carbonyl (C=O) groups excluding carboxylic acids is 1. The molecule has 102 valence electrons. The number of rotatable bonds is 1. The quantitative estimate of drug-likeness (QED) is 0.833. The van der Waals surface area contributed by atoms with E-state index >= 15 is 0 Å². The van der Waals surface area contributed by atoms with Crippen LogP contribution >= 0.6 is 0 Å². The highest BCUT2D eigenvalue weighted by atomic mass is 16.5. The van der Waals surface area contributed by atoms with Crippen molar-refractivity contribution < 1.29 is 9.53 Å². The molecule has 19 heavy (non-hydrogen) atoms. The van der Waals surface area contributed by atoms with Gasteiger partial charge in [-0.15, -0.1) is 0 Å². The molecule has 4 heteroatoms. The number of nitrogens with zero attached hydrogens (tertiary/aromatic N) is 1. The molecule has 0 saturated carbocycles. The third-order valence-corrected chi connectivity index (χ3v) is 3.82. The summed E-state index contributed by atoms with van der Waals surface area (Å²) in [4.78, 5) is 14.5. The lowest BCUT2D eigenvalue weighted by molar-refractivity contribution is 0.0562. The summed E-state index contributed by atoms with van der Waals surface area (Å²) in [5, 5.41) is 3.31. The van der Waals surface area contributed by atoms with Crippen molar-refractivity contribution in [3.8, 4) is 0 Å². The molecular weight excluding hydrogens is 240 g/mol. The fourth-order valence-corrected chi connectivity index (χ4v) is 2.79. The number of fused-ring (bicyclic) bond motifs is 1. The first-order valence-electron chi connectivity index (χ1n) is 6.97. The highest BCUT2D eigenvalue weighted by molar-refractivity contribution is 5.94. The molecule has 1 saturated heterocycles. The Kier molecular flexibility index (Phi) is 3.53. The third kappa shape index (κ3) is 2.65. The highest BCUT2D eigenvalue weighted by Gasteiger charge is 2.22. The summed E-state index contributed by atoms with van der Waals surface area (Å²) in [6.07, 6.45) is 1.05.